The van der Waals surface area contributed by atoms with Gasteiger partial charge >= 0.3 is 0 Å². The fourth-order valence-corrected chi connectivity index (χ4v) is 4.05. The Bertz CT molecular complexity index is 1070. The molecule has 1 aromatic heterocycles. The number of hydrogen-bond acceptors (Lipinski definition) is 3. The van der Waals surface area contributed by atoms with E-state index in [0.717, 1.165) is 61.3 Å². The molecule has 29 heavy (non-hydrogen) atoms. The molecule has 2 aromatic carbocycles. The van der Waals surface area contributed by atoms with E-state index in [9.17, 15) is 4.79 Å². The molecule has 5 nitrogen and oxygen atoms in total. The number of carbonyl (C=O) groups is 1. The first kappa shape index (κ1) is 19.2. The van der Waals surface area contributed by atoms with E-state index >= 15 is 0 Å². The molecule has 0 bridgehead atoms. The first-order chi connectivity index (χ1) is 14.0. The van der Waals surface area contributed by atoms with Crippen LogP contribution >= 0.6 is 0 Å². The Hall–Kier alpha value is -3.10. The highest BCUT2D eigenvalue weighted by Gasteiger charge is 2.21. The topological polar surface area (TPSA) is 63.1 Å². The van der Waals surface area contributed by atoms with Gasteiger partial charge < -0.3 is 9.88 Å². The first-order valence-electron chi connectivity index (χ1n) is 10.1. The molecule has 0 aliphatic carbocycles. The van der Waals surface area contributed by atoms with Crippen molar-refractivity contribution in [3.05, 3.63) is 70.4 Å². The summed E-state index contributed by atoms with van der Waals surface area (Å²) < 4.78 is 0. The summed E-state index contributed by atoms with van der Waals surface area (Å²) in [5, 5.41) is 10.1. The number of H-pyrrole nitrogens is 1. The van der Waals surface area contributed by atoms with Gasteiger partial charge in [0.1, 0.15) is 0 Å². The van der Waals surface area contributed by atoms with E-state index in [1.54, 1.807) is 0 Å². The van der Waals surface area contributed by atoms with E-state index in [1.807, 2.05) is 47.4 Å². The number of fused-ring (bicyclic) bond motifs is 1. The minimum Gasteiger partial charge on any atom is -0.358 e. The molecular weight excluding hydrogens is 360 g/mol. The van der Waals surface area contributed by atoms with E-state index < -0.39 is 0 Å². The molecule has 1 fully saturated rings. The van der Waals surface area contributed by atoms with Crippen molar-refractivity contribution in [2.75, 3.05) is 26.2 Å². The number of nitrogens with zero attached hydrogens (tertiary/aromatic N) is 3. The minimum absolute atomic E-state index is 0.116. The number of carbonyl (C=O) groups excluding carboxylic acids is 1. The summed E-state index contributed by atoms with van der Waals surface area (Å²) in [6, 6.07) is 15.9. The molecule has 1 aliphatic rings. The summed E-state index contributed by atoms with van der Waals surface area (Å²) in [6.07, 6.45) is 0.965. The maximum atomic E-state index is 13.1. The Morgan fingerprint density at radius 3 is 2.62 bits per heavy atom. The van der Waals surface area contributed by atoms with Crippen molar-refractivity contribution in [3.63, 3.8) is 0 Å². The SMILES string of the molecule is Cc1[nH]c2ccc(C(=O)N3CCCN(Cc4ccc(C#N)cc4)CC3)cc2c1C. The summed E-state index contributed by atoms with van der Waals surface area (Å²) in [5.74, 6) is 0.116. The lowest BCUT2D eigenvalue weighted by atomic mass is 10.1. The third-order valence-corrected chi connectivity index (χ3v) is 5.92. The average Bonchev–Trinajstić information content (AvgIpc) is 2.90. The van der Waals surface area contributed by atoms with Crippen molar-refractivity contribution in [3.8, 4) is 6.07 Å². The van der Waals surface area contributed by atoms with Crippen LogP contribution in [0, 0.1) is 25.2 Å². The summed E-state index contributed by atoms with van der Waals surface area (Å²) in [4.78, 5) is 20.9. The van der Waals surface area contributed by atoms with Crippen LogP contribution in [-0.4, -0.2) is 46.9 Å². The molecule has 5 heteroatoms. The van der Waals surface area contributed by atoms with Gasteiger partial charge in [-0.1, -0.05) is 12.1 Å². The molecule has 4 rings (SSSR count). The van der Waals surface area contributed by atoms with Crippen LogP contribution < -0.4 is 0 Å². The van der Waals surface area contributed by atoms with Crippen LogP contribution in [0.1, 0.15) is 39.2 Å². The predicted molar refractivity (Wildman–Crippen MR) is 115 cm³/mol. The van der Waals surface area contributed by atoms with Gasteiger partial charge in [-0.05, 0) is 61.7 Å². The minimum atomic E-state index is 0.116. The van der Waals surface area contributed by atoms with Gasteiger partial charge in [-0.3, -0.25) is 9.69 Å². The second kappa shape index (κ2) is 8.10. The predicted octanol–water partition coefficient (Wildman–Crippen LogP) is 4.00. The van der Waals surface area contributed by atoms with Crippen LogP contribution in [0.3, 0.4) is 0 Å². The Balaban J connectivity index is 1.43. The highest BCUT2D eigenvalue weighted by Crippen LogP contribution is 2.23. The zero-order valence-corrected chi connectivity index (χ0v) is 17.0. The summed E-state index contributed by atoms with van der Waals surface area (Å²) in [6.45, 7) is 8.35. The summed E-state index contributed by atoms with van der Waals surface area (Å²) in [7, 11) is 0. The van der Waals surface area contributed by atoms with Gasteiger partial charge in [0.05, 0.1) is 11.6 Å². The maximum Gasteiger partial charge on any atom is 0.253 e. The fraction of sp³-hybridized carbons (Fsp3) is 0.333. The van der Waals surface area contributed by atoms with Gasteiger partial charge in [0.25, 0.3) is 5.91 Å². The fourth-order valence-electron chi connectivity index (χ4n) is 4.05. The molecule has 2 heterocycles. The lowest BCUT2D eigenvalue weighted by molar-refractivity contribution is 0.0761. The standard InChI is InChI=1S/C24H26N4O/c1-17-18(2)26-23-9-8-21(14-22(17)23)24(29)28-11-3-10-27(12-13-28)16-20-6-4-19(15-25)5-7-20/h4-9,14,26H,3,10-13,16H2,1-2H3. The van der Waals surface area contributed by atoms with Crippen LogP contribution in [0.15, 0.2) is 42.5 Å². The third kappa shape index (κ3) is 4.03. The molecule has 0 unspecified atom stereocenters. The number of amides is 1. The molecule has 1 aliphatic heterocycles. The molecule has 1 amide bonds. The molecule has 0 spiro atoms. The van der Waals surface area contributed by atoms with Gasteiger partial charge in [-0.15, -0.1) is 0 Å². The van der Waals surface area contributed by atoms with Gasteiger partial charge in [0, 0.05) is 54.9 Å². The molecular formula is C24H26N4O. The molecule has 0 radical (unpaired) electrons. The van der Waals surface area contributed by atoms with Crippen LogP contribution in [-0.2, 0) is 6.54 Å². The number of aryl methyl sites for hydroxylation is 2. The van der Waals surface area contributed by atoms with Crippen molar-refractivity contribution in [2.45, 2.75) is 26.8 Å². The Morgan fingerprint density at radius 2 is 1.86 bits per heavy atom. The Labute approximate surface area is 171 Å². The molecule has 3 aromatic rings. The van der Waals surface area contributed by atoms with Gasteiger partial charge in [-0.25, -0.2) is 0 Å². The average molecular weight is 386 g/mol. The quantitative estimate of drug-likeness (QED) is 0.740. The number of nitriles is 1. The van der Waals surface area contributed by atoms with E-state index in [0.29, 0.717) is 5.56 Å². The van der Waals surface area contributed by atoms with Crippen LogP contribution in [0.25, 0.3) is 10.9 Å². The van der Waals surface area contributed by atoms with E-state index in [-0.39, 0.29) is 5.91 Å². The Morgan fingerprint density at radius 1 is 1.07 bits per heavy atom. The lowest BCUT2D eigenvalue weighted by Crippen LogP contribution is -2.35. The molecule has 1 saturated heterocycles. The third-order valence-electron chi connectivity index (χ3n) is 5.92. The van der Waals surface area contributed by atoms with Gasteiger partial charge in [0.15, 0.2) is 0 Å². The zero-order valence-electron chi connectivity index (χ0n) is 17.0. The van der Waals surface area contributed by atoms with E-state index in [2.05, 4.69) is 29.8 Å². The molecule has 0 saturated carbocycles. The second-order valence-corrected chi connectivity index (χ2v) is 7.87. The van der Waals surface area contributed by atoms with Gasteiger partial charge in [-0.2, -0.15) is 5.26 Å². The van der Waals surface area contributed by atoms with Crippen molar-refractivity contribution >= 4 is 16.8 Å². The van der Waals surface area contributed by atoms with Crippen LogP contribution in [0.5, 0.6) is 0 Å². The number of aromatic amines is 1. The van der Waals surface area contributed by atoms with Gasteiger partial charge in [0.2, 0.25) is 0 Å². The number of aromatic nitrogens is 1. The number of nitrogens with one attached hydrogen (secondary N) is 1. The maximum absolute atomic E-state index is 13.1. The van der Waals surface area contributed by atoms with Crippen molar-refractivity contribution in [2.24, 2.45) is 0 Å². The second-order valence-electron chi connectivity index (χ2n) is 7.87. The van der Waals surface area contributed by atoms with Crippen LogP contribution in [0.4, 0.5) is 0 Å². The number of benzene rings is 2. The normalized spacial score (nSPS) is 15.3. The molecule has 0 atom stereocenters. The number of rotatable bonds is 3. The lowest BCUT2D eigenvalue weighted by Gasteiger charge is -2.22. The Kier molecular flexibility index (Phi) is 5.37. The first-order valence-corrected chi connectivity index (χ1v) is 10.1. The summed E-state index contributed by atoms with van der Waals surface area (Å²) >= 11 is 0. The smallest absolute Gasteiger partial charge is 0.253 e. The van der Waals surface area contributed by atoms with Crippen LogP contribution in [0.2, 0.25) is 0 Å². The largest absolute Gasteiger partial charge is 0.358 e. The van der Waals surface area contributed by atoms with Crippen molar-refractivity contribution in [1.82, 2.24) is 14.8 Å². The zero-order chi connectivity index (χ0) is 20.4. The van der Waals surface area contributed by atoms with Crippen molar-refractivity contribution < 1.29 is 4.79 Å². The highest BCUT2D eigenvalue weighted by atomic mass is 16.2. The highest BCUT2D eigenvalue weighted by molar-refractivity contribution is 5.99. The summed E-state index contributed by atoms with van der Waals surface area (Å²) in [5.41, 5.74) is 6.09. The van der Waals surface area contributed by atoms with E-state index in [4.69, 9.17) is 5.26 Å². The molecule has 1 N–H and O–H groups in total. The van der Waals surface area contributed by atoms with Crippen molar-refractivity contribution in [1.29, 1.82) is 5.26 Å². The monoisotopic (exact) mass is 386 g/mol. The van der Waals surface area contributed by atoms with E-state index in [1.165, 1.54) is 11.1 Å². The number of hydrogen-bond donors (Lipinski definition) is 1. The molecule has 148 valence electrons.